The molecule has 1 N–H and O–H groups in total. The van der Waals surface area contributed by atoms with E-state index in [1.807, 2.05) is 0 Å². The van der Waals surface area contributed by atoms with Gasteiger partial charge in [-0.25, -0.2) is 19.0 Å². The number of ether oxygens (including phenoxy) is 1. The van der Waals surface area contributed by atoms with E-state index in [1.165, 1.54) is 17.0 Å². The van der Waals surface area contributed by atoms with Crippen LogP contribution >= 0.6 is 0 Å². The lowest BCUT2D eigenvalue weighted by Gasteiger charge is -2.40. The summed E-state index contributed by atoms with van der Waals surface area (Å²) in [7, 11) is 0. The monoisotopic (exact) mass is 325 g/mol. The fraction of sp³-hybridized carbons (Fsp3) is 0.533. The second-order valence-electron chi connectivity index (χ2n) is 6.31. The molecular formula is C15H20FN3O4. The third-order valence-corrected chi connectivity index (χ3v) is 3.33. The van der Waals surface area contributed by atoms with Crippen molar-refractivity contribution in [2.45, 2.75) is 32.4 Å². The van der Waals surface area contributed by atoms with E-state index in [1.54, 1.807) is 25.7 Å². The van der Waals surface area contributed by atoms with E-state index < -0.39 is 29.5 Å². The van der Waals surface area contributed by atoms with Gasteiger partial charge in [-0.05, 0) is 32.9 Å². The van der Waals surface area contributed by atoms with E-state index in [2.05, 4.69) is 4.98 Å². The molecule has 1 aliphatic rings. The highest BCUT2D eigenvalue weighted by Crippen LogP contribution is 2.20. The van der Waals surface area contributed by atoms with Gasteiger partial charge < -0.3 is 14.7 Å². The predicted molar refractivity (Wildman–Crippen MR) is 80.8 cm³/mol. The third kappa shape index (κ3) is 4.30. The first-order chi connectivity index (χ1) is 10.7. The maximum absolute atomic E-state index is 12.9. The Hall–Kier alpha value is -2.38. The van der Waals surface area contributed by atoms with Crippen molar-refractivity contribution < 1.29 is 23.8 Å². The molecule has 0 aliphatic carbocycles. The molecule has 1 saturated heterocycles. The molecule has 0 bridgehead atoms. The van der Waals surface area contributed by atoms with Crippen LogP contribution in [0, 0.1) is 5.82 Å². The number of carboxylic acid groups (broad SMARTS) is 1. The average molecular weight is 325 g/mol. The smallest absolute Gasteiger partial charge is 0.411 e. The molecule has 0 spiro atoms. The van der Waals surface area contributed by atoms with Gasteiger partial charge in [-0.1, -0.05) is 0 Å². The predicted octanol–water partition coefficient (Wildman–Crippen LogP) is 1.73. The Bertz CT molecular complexity index is 585. The number of anilines is 1. The molecule has 1 fully saturated rings. The molecule has 0 saturated carbocycles. The van der Waals surface area contributed by atoms with Gasteiger partial charge in [0.2, 0.25) is 0 Å². The van der Waals surface area contributed by atoms with Gasteiger partial charge in [0.1, 0.15) is 23.3 Å². The van der Waals surface area contributed by atoms with Crippen molar-refractivity contribution in [2.75, 3.05) is 24.5 Å². The standard InChI is InChI=1S/C15H20FN3O4/c1-15(2,3)23-14(22)19-7-6-18(9-11(19)13(20)21)12-5-4-10(16)8-17-12/h4-5,8,11H,6-7,9H2,1-3H3,(H,20,21)/t11-/m0/s1. The minimum absolute atomic E-state index is 0.0627. The summed E-state index contributed by atoms with van der Waals surface area (Å²) in [5, 5.41) is 9.41. The molecule has 2 rings (SSSR count). The summed E-state index contributed by atoms with van der Waals surface area (Å²) in [6.07, 6.45) is 0.419. The van der Waals surface area contributed by atoms with Gasteiger partial charge in [0.15, 0.2) is 0 Å². The molecule has 23 heavy (non-hydrogen) atoms. The fourth-order valence-corrected chi connectivity index (χ4v) is 2.30. The topological polar surface area (TPSA) is 83.0 Å². The zero-order chi connectivity index (χ0) is 17.2. The summed E-state index contributed by atoms with van der Waals surface area (Å²) >= 11 is 0. The summed E-state index contributed by atoms with van der Waals surface area (Å²) in [5.41, 5.74) is -0.699. The highest BCUT2D eigenvalue weighted by Gasteiger charge is 2.37. The molecule has 1 amide bonds. The van der Waals surface area contributed by atoms with Crippen LogP contribution in [0.15, 0.2) is 18.3 Å². The molecule has 1 atom stereocenters. The van der Waals surface area contributed by atoms with Gasteiger partial charge >= 0.3 is 12.1 Å². The van der Waals surface area contributed by atoms with Gasteiger partial charge in [-0.2, -0.15) is 0 Å². The second kappa shape index (κ2) is 6.39. The molecule has 1 aliphatic heterocycles. The van der Waals surface area contributed by atoms with E-state index in [0.29, 0.717) is 12.4 Å². The van der Waals surface area contributed by atoms with Crippen LogP contribution in [-0.2, 0) is 9.53 Å². The molecule has 1 aromatic rings. The molecule has 0 unspecified atom stereocenters. The number of hydrogen-bond acceptors (Lipinski definition) is 5. The molecule has 8 heteroatoms. The number of piperazine rings is 1. The van der Waals surface area contributed by atoms with Crippen molar-refractivity contribution in [1.29, 1.82) is 0 Å². The number of rotatable bonds is 2. The first-order valence-electron chi connectivity index (χ1n) is 7.26. The Morgan fingerprint density at radius 2 is 2.04 bits per heavy atom. The molecule has 7 nitrogen and oxygen atoms in total. The van der Waals surface area contributed by atoms with E-state index in [9.17, 15) is 19.1 Å². The van der Waals surface area contributed by atoms with E-state index in [4.69, 9.17) is 4.74 Å². The van der Waals surface area contributed by atoms with Crippen LogP contribution in [0.25, 0.3) is 0 Å². The van der Waals surface area contributed by atoms with Crippen molar-refractivity contribution in [1.82, 2.24) is 9.88 Å². The number of hydrogen-bond donors (Lipinski definition) is 1. The number of aromatic nitrogens is 1. The number of aliphatic carboxylic acids is 1. The van der Waals surface area contributed by atoms with E-state index in [0.717, 1.165) is 6.20 Å². The number of carbonyl (C=O) groups is 2. The molecule has 1 aromatic heterocycles. The summed E-state index contributed by atoms with van der Waals surface area (Å²) < 4.78 is 18.2. The Morgan fingerprint density at radius 3 is 2.57 bits per heavy atom. The van der Waals surface area contributed by atoms with Crippen LogP contribution in [0.1, 0.15) is 20.8 Å². The van der Waals surface area contributed by atoms with Crippen molar-refractivity contribution in [3.05, 3.63) is 24.1 Å². The molecule has 0 aromatic carbocycles. The van der Waals surface area contributed by atoms with Crippen molar-refractivity contribution in [2.24, 2.45) is 0 Å². The van der Waals surface area contributed by atoms with E-state index >= 15 is 0 Å². The van der Waals surface area contributed by atoms with E-state index in [-0.39, 0.29) is 13.1 Å². The zero-order valence-electron chi connectivity index (χ0n) is 13.3. The number of pyridine rings is 1. The normalized spacial score (nSPS) is 18.7. The number of carboxylic acids is 1. The van der Waals surface area contributed by atoms with Gasteiger partial charge in [0.25, 0.3) is 0 Å². The number of carbonyl (C=O) groups excluding carboxylic acids is 1. The lowest BCUT2D eigenvalue weighted by Crippen LogP contribution is -2.59. The second-order valence-corrected chi connectivity index (χ2v) is 6.31. The first-order valence-corrected chi connectivity index (χ1v) is 7.26. The maximum atomic E-state index is 12.9. The fourth-order valence-electron chi connectivity index (χ4n) is 2.30. The van der Waals surface area contributed by atoms with Crippen molar-refractivity contribution in [3.63, 3.8) is 0 Å². The highest BCUT2D eigenvalue weighted by molar-refractivity contribution is 5.81. The molecule has 0 radical (unpaired) electrons. The van der Waals surface area contributed by atoms with Crippen LogP contribution in [0.5, 0.6) is 0 Å². The van der Waals surface area contributed by atoms with Crippen molar-refractivity contribution >= 4 is 17.9 Å². The van der Waals surface area contributed by atoms with Crippen LogP contribution in [-0.4, -0.2) is 58.3 Å². The Balaban J connectivity index is 2.13. The number of amides is 1. The number of halogens is 1. The average Bonchev–Trinajstić information content (AvgIpc) is 2.45. The minimum atomic E-state index is -1.12. The molecule has 126 valence electrons. The SMILES string of the molecule is CC(C)(C)OC(=O)N1CCN(c2ccc(F)cn2)C[C@H]1C(=O)O. The lowest BCUT2D eigenvalue weighted by molar-refractivity contribution is -0.143. The molecule has 2 heterocycles. The minimum Gasteiger partial charge on any atom is -0.480 e. The highest BCUT2D eigenvalue weighted by atomic mass is 19.1. The lowest BCUT2D eigenvalue weighted by atomic mass is 10.1. The van der Waals surface area contributed by atoms with Crippen LogP contribution in [0.2, 0.25) is 0 Å². The third-order valence-electron chi connectivity index (χ3n) is 3.33. The van der Waals surface area contributed by atoms with Gasteiger partial charge in [-0.15, -0.1) is 0 Å². The first kappa shape index (κ1) is 17.0. The summed E-state index contributed by atoms with van der Waals surface area (Å²) in [4.78, 5) is 30.5. The number of nitrogens with zero attached hydrogens (tertiary/aromatic N) is 3. The van der Waals surface area contributed by atoms with Crippen molar-refractivity contribution in [3.8, 4) is 0 Å². The Kier molecular flexibility index (Phi) is 4.72. The van der Waals surface area contributed by atoms with Crippen LogP contribution < -0.4 is 4.90 Å². The van der Waals surface area contributed by atoms with Crippen LogP contribution in [0.3, 0.4) is 0 Å². The van der Waals surface area contributed by atoms with Gasteiger partial charge in [0, 0.05) is 13.1 Å². The summed E-state index contributed by atoms with van der Waals surface area (Å²) in [6.45, 7) is 5.80. The molecular weight excluding hydrogens is 305 g/mol. The maximum Gasteiger partial charge on any atom is 0.411 e. The van der Waals surface area contributed by atoms with Gasteiger partial charge in [-0.3, -0.25) is 4.90 Å². The summed E-state index contributed by atoms with van der Waals surface area (Å²) in [5.74, 6) is -1.11. The van der Waals surface area contributed by atoms with Gasteiger partial charge in [0.05, 0.1) is 12.7 Å². The Labute approximate surface area is 133 Å². The van der Waals surface area contributed by atoms with Crippen LogP contribution in [0.4, 0.5) is 15.0 Å². The zero-order valence-corrected chi connectivity index (χ0v) is 13.3. The largest absolute Gasteiger partial charge is 0.480 e. The quantitative estimate of drug-likeness (QED) is 0.891. The summed E-state index contributed by atoms with van der Waals surface area (Å²) in [6, 6.07) is 1.70. The Morgan fingerprint density at radius 1 is 1.35 bits per heavy atom.